The molecule has 1 heterocycles. The molecule has 2 rings (SSSR count). The quantitative estimate of drug-likeness (QED) is 0.738. The average molecular weight is 263 g/mol. The second-order valence-electron chi connectivity index (χ2n) is 5.39. The van der Waals surface area contributed by atoms with Crippen molar-refractivity contribution >= 4 is 11.6 Å². The highest BCUT2D eigenvalue weighted by molar-refractivity contribution is 5.45. The highest BCUT2D eigenvalue weighted by Gasteiger charge is 2.18. The lowest BCUT2D eigenvalue weighted by atomic mass is 9.87. The van der Waals surface area contributed by atoms with Crippen LogP contribution in [0.2, 0.25) is 0 Å². The van der Waals surface area contributed by atoms with E-state index in [0.717, 1.165) is 56.8 Å². The molecule has 0 aliphatic heterocycles. The minimum absolute atomic E-state index is 0.0732. The second kappa shape index (κ2) is 7.34. The normalized spacial score (nSPS) is 23.1. The van der Waals surface area contributed by atoms with Gasteiger partial charge < -0.3 is 15.7 Å². The Hall–Kier alpha value is -1.29. The molecule has 0 spiro atoms. The molecule has 0 amide bonds. The third-order valence-electron chi connectivity index (χ3n) is 3.69. The first-order valence-electron chi connectivity index (χ1n) is 7.40. The summed E-state index contributed by atoms with van der Waals surface area (Å²) < 4.78 is 0. The van der Waals surface area contributed by atoms with E-state index < -0.39 is 0 Å². The van der Waals surface area contributed by atoms with Crippen molar-refractivity contribution in [2.75, 3.05) is 23.7 Å². The smallest absolute Gasteiger partial charge is 0.128 e. The third kappa shape index (κ3) is 4.71. The number of hydrogen-bond acceptors (Lipinski definition) is 4. The van der Waals surface area contributed by atoms with E-state index in [4.69, 9.17) is 0 Å². The van der Waals surface area contributed by atoms with Crippen LogP contribution in [0.3, 0.4) is 0 Å². The van der Waals surface area contributed by atoms with Gasteiger partial charge in [-0.15, -0.1) is 0 Å². The van der Waals surface area contributed by atoms with Gasteiger partial charge in [-0.3, -0.25) is 0 Å². The summed E-state index contributed by atoms with van der Waals surface area (Å²) in [6.45, 7) is 4.06. The van der Waals surface area contributed by atoms with Gasteiger partial charge in [0.25, 0.3) is 0 Å². The van der Waals surface area contributed by atoms with Gasteiger partial charge in [0.1, 0.15) is 11.6 Å². The average Bonchev–Trinajstić information content (AvgIpc) is 2.45. The van der Waals surface area contributed by atoms with E-state index in [9.17, 15) is 5.11 Å². The van der Waals surface area contributed by atoms with Crippen molar-refractivity contribution in [3.8, 4) is 0 Å². The van der Waals surface area contributed by atoms with E-state index in [1.54, 1.807) is 0 Å². The molecule has 1 fully saturated rings. The maximum absolute atomic E-state index is 9.49. The van der Waals surface area contributed by atoms with Crippen molar-refractivity contribution in [2.45, 2.75) is 45.1 Å². The zero-order valence-corrected chi connectivity index (χ0v) is 11.7. The second-order valence-corrected chi connectivity index (χ2v) is 5.39. The van der Waals surface area contributed by atoms with Crippen LogP contribution in [0.15, 0.2) is 18.2 Å². The maximum Gasteiger partial charge on any atom is 0.128 e. The van der Waals surface area contributed by atoms with Crippen molar-refractivity contribution in [1.82, 2.24) is 4.98 Å². The van der Waals surface area contributed by atoms with Gasteiger partial charge in [0.15, 0.2) is 0 Å². The number of nitrogens with zero attached hydrogens (tertiary/aromatic N) is 1. The summed E-state index contributed by atoms with van der Waals surface area (Å²) in [6, 6.07) is 6.03. The van der Waals surface area contributed by atoms with Crippen LogP contribution in [0.5, 0.6) is 0 Å². The summed E-state index contributed by atoms with van der Waals surface area (Å²) >= 11 is 0. The van der Waals surface area contributed by atoms with Gasteiger partial charge >= 0.3 is 0 Å². The zero-order chi connectivity index (χ0) is 13.5. The van der Waals surface area contributed by atoms with Crippen molar-refractivity contribution in [1.29, 1.82) is 0 Å². The van der Waals surface area contributed by atoms with E-state index in [0.29, 0.717) is 5.92 Å². The molecule has 0 saturated heterocycles. The first kappa shape index (κ1) is 14.1. The fraction of sp³-hybridized carbons (Fsp3) is 0.667. The largest absolute Gasteiger partial charge is 0.393 e. The van der Waals surface area contributed by atoms with Crippen molar-refractivity contribution in [3.63, 3.8) is 0 Å². The zero-order valence-electron chi connectivity index (χ0n) is 11.7. The molecule has 0 radical (unpaired) electrons. The summed E-state index contributed by atoms with van der Waals surface area (Å²) in [5.74, 6) is 2.54. The summed E-state index contributed by atoms with van der Waals surface area (Å²) in [7, 11) is 0. The van der Waals surface area contributed by atoms with Crippen molar-refractivity contribution in [2.24, 2.45) is 5.92 Å². The molecule has 19 heavy (non-hydrogen) atoms. The molecular formula is C15H25N3O. The van der Waals surface area contributed by atoms with Crippen LogP contribution in [-0.2, 0) is 0 Å². The van der Waals surface area contributed by atoms with Crippen LogP contribution in [0.25, 0.3) is 0 Å². The Bertz CT molecular complexity index is 375. The SMILES string of the molecule is CCCNc1cccc(NCC2CCC(O)CC2)n1. The molecule has 4 heteroatoms. The molecule has 0 atom stereocenters. The topological polar surface area (TPSA) is 57.2 Å². The molecule has 1 aromatic rings. The molecule has 1 aliphatic carbocycles. The van der Waals surface area contributed by atoms with E-state index >= 15 is 0 Å². The fourth-order valence-corrected chi connectivity index (χ4v) is 2.48. The van der Waals surface area contributed by atoms with Crippen LogP contribution in [0.4, 0.5) is 11.6 Å². The minimum atomic E-state index is -0.0732. The monoisotopic (exact) mass is 263 g/mol. The molecule has 3 N–H and O–H groups in total. The lowest BCUT2D eigenvalue weighted by molar-refractivity contribution is 0.111. The van der Waals surface area contributed by atoms with Gasteiger partial charge in [-0.05, 0) is 50.2 Å². The van der Waals surface area contributed by atoms with Crippen LogP contribution in [-0.4, -0.2) is 29.3 Å². The number of hydrogen-bond donors (Lipinski definition) is 3. The van der Waals surface area contributed by atoms with Crippen LogP contribution >= 0.6 is 0 Å². The molecule has 0 aromatic carbocycles. The van der Waals surface area contributed by atoms with E-state index in [1.807, 2.05) is 18.2 Å². The number of rotatable bonds is 6. The first-order valence-corrected chi connectivity index (χ1v) is 7.40. The minimum Gasteiger partial charge on any atom is -0.393 e. The Labute approximate surface area is 115 Å². The number of aliphatic hydroxyl groups excluding tert-OH is 1. The number of aromatic nitrogens is 1. The standard InChI is InChI=1S/C15H25N3O/c1-2-10-16-14-4-3-5-15(18-14)17-11-12-6-8-13(19)9-7-12/h3-5,12-13,19H,2,6-11H2,1H3,(H2,16,17,18). The molecule has 0 unspecified atom stereocenters. The molecule has 1 aromatic heterocycles. The van der Waals surface area contributed by atoms with Crippen LogP contribution in [0, 0.1) is 5.92 Å². The molecule has 1 saturated carbocycles. The van der Waals surface area contributed by atoms with E-state index in [1.165, 1.54) is 0 Å². The number of pyridine rings is 1. The summed E-state index contributed by atoms with van der Waals surface area (Å²) in [5, 5.41) is 16.2. The highest BCUT2D eigenvalue weighted by Crippen LogP contribution is 2.24. The first-order chi connectivity index (χ1) is 9.28. The van der Waals surface area contributed by atoms with Gasteiger partial charge in [-0.25, -0.2) is 4.98 Å². The number of aliphatic hydroxyl groups is 1. The Morgan fingerprint density at radius 1 is 1.16 bits per heavy atom. The van der Waals surface area contributed by atoms with Gasteiger partial charge in [-0.2, -0.15) is 0 Å². The molecule has 0 bridgehead atoms. The molecule has 4 nitrogen and oxygen atoms in total. The Balaban J connectivity index is 1.78. The maximum atomic E-state index is 9.49. The molecule has 1 aliphatic rings. The Kier molecular flexibility index (Phi) is 5.45. The lowest BCUT2D eigenvalue weighted by Crippen LogP contribution is -2.23. The molecule has 106 valence electrons. The van der Waals surface area contributed by atoms with Crippen molar-refractivity contribution in [3.05, 3.63) is 18.2 Å². The van der Waals surface area contributed by atoms with E-state index in [2.05, 4.69) is 22.5 Å². The van der Waals surface area contributed by atoms with Crippen LogP contribution in [0.1, 0.15) is 39.0 Å². The summed E-state index contributed by atoms with van der Waals surface area (Å²) in [4.78, 5) is 4.54. The highest BCUT2D eigenvalue weighted by atomic mass is 16.3. The van der Waals surface area contributed by atoms with Crippen LogP contribution < -0.4 is 10.6 Å². The van der Waals surface area contributed by atoms with Crippen molar-refractivity contribution < 1.29 is 5.11 Å². The molecular weight excluding hydrogens is 238 g/mol. The van der Waals surface area contributed by atoms with E-state index in [-0.39, 0.29) is 6.10 Å². The fourth-order valence-electron chi connectivity index (χ4n) is 2.48. The predicted octanol–water partition coefficient (Wildman–Crippen LogP) is 2.87. The van der Waals surface area contributed by atoms with Gasteiger partial charge in [0, 0.05) is 13.1 Å². The Morgan fingerprint density at radius 2 is 1.84 bits per heavy atom. The summed E-state index contributed by atoms with van der Waals surface area (Å²) in [6.07, 6.45) is 5.14. The number of anilines is 2. The predicted molar refractivity (Wildman–Crippen MR) is 79.5 cm³/mol. The summed E-state index contributed by atoms with van der Waals surface area (Å²) in [5.41, 5.74) is 0. The van der Waals surface area contributed by atoms with Gasteiger partial charge in [0.2, 0.25) is 0 Å². The number of nitrogens with one attached hydrogen (secondary N) is 2. The lowest BCUT2D eigenvalue weighted by Gasteiger charge is -2.25. The van der Waals surface area contributed by atoms with Gasteiger partial charge in [0.05, 0.1) is 6.10 Å². The van der Waals surface area contributed by atoms with Gasteiger partial charge in [-0.1, -0.05) is 13.0 Å². The third-order valence-corrected chi connectivity index (χ3v) is 3.69. The Morgan fingerprint density at radius 3 is 2.53 bits per heavy atom.